The van der Waals surface area contributed by atoms with E-state index < -0.39 is 23.8 Å². The molecule has 184 valence electrons. The Bertz CT molecular complexity index is 817. The van der Waals surface area contributed by atoms with Gasteiger partial charge in [-0.05, 0) is 71.1 Å². The van der Waals surface area contributed by atoms with E-state index in [0.717, 1.165) is 38.5 Å². The standard InChI is InChI=1S/C25H39N3O5/c1-6-7-8-15-26-22(30)21(18-11-9-14-20(29)16-18)28(19-12-10-13-19)23(31)17(2)27-24(32)33-25(3,4)5/h9,11,14,16-17,19,21,29H,6-8,10,12-13,15H2,1-5H3,(H,26,30)(H,27,32). The number of unbranched alkanes of at least 4 members (excludes halogenated alkanes) is 2. The second-order valence-electron chi connectivity index (χ2n) is 9.69. The van der Waals surface area contributed by atoms with Crippen molar-refractivity contribution in [2.24, 2.45) is 0 Å². The van der Waals surface area contributed by atoms with Gasteiger partial charge in [0.2, 0.25) is 11.8 Å². The third kappa shape index (κ3) is 7.94. The van der Waals surface area contributed by atoms with Crippen molar-refractivity contribution in [2.75, 3.05) is 6.54 Å². The van der Waals surface area contributed by atoms with Gasteiger partial charge in [-0.15, -0.1) is 0 Å². The molecule has 8 nitrogen and oxygen atoms in total. The van der Waals surface area contributed by atoms with Crippen LogP contribution in [-0.4, -0.2) is 52.1 Å². The lowest BCUT2D eigenvalue weighted by atomic mass is 9.88. The van der Waals surface area contributed by atoms with Crippen molar-refractivity contribution in [2.45, 2.75) is 96.9 Å². The Morgan fingerprint density at radius 1 is 1.21 bits per heavy atom. The summed E-state index contributed by atoms with van der Waals surface area (Å²) in [5, 5.41) is 15.6. The Morgan fingerprint density at radius 3 is 2.45 bits per heavy atom. The second kappa shape index (κ2) is 11.9. The molecular weight excluding hydrogens is 422 g/mol. The number of phenols is 1. The summed E-state index contributed by atoms with van der Waals surface area (Å²) in [4.78, 5) is 40.7. The Hall–Kier alpha value is -2.77. The fourth-order valence-electron chi connectivity index (χ4n) is 3.77. The molecule has 0 heterocycles. The molecule has 2 rings (SSSR count). The fourth-order valence-corrected chi connectivity index (χ4v) is 3.77. The van der Waals surface area contributed by atoms with Gasteiger partial charge < -0.3 is 25.4 Å². The average Bonchev–Trinajstić information content (AvgIpc) is 2.67. The molecule has 33 heavy (non-hydrogen) atoms. The van der Waals surface area contributed by atoms with E-state index in [1.54, 1.807) is 44.7 Å². The highest BCUT2D eigenvalue weighted by atomic mass is 16.6. The lowest BCUT2D eigenvalue weighted by molar-refractivity contribution is -0.147. The Labute approximate surface area is 197 Å². The van der Waals surface area contributed by atoms with Crippen molar-refractivity contribution in [3.8, 4) is 5.75 Å². The van der Waals surface area contributed by atoms with Crippen LogP contribution in [-0.2, 0) is 14.3 Å². The van der Waals surface area contributed by atoms with E-state index in [4.69, 9.17) is 4.74 Å². The Balaban J connectivity index is 2.30. The molecular formula is C25H39N3O5. The minimum Gasteiger partial charge on any atom is -0.508 e. The van der Waals surface area contributed by atoms with Crippen LogP contribution in [0.3, 0.4) is 0 Å². The highest BCUT2D eigenvalue weighted by molar-refractivity contribution is 5.92. The number of phenolic OH excluding ortho intramolecular Hbond substituents is 1. The van der Waals surface area contributed by atoms with Crippen molar-refractivity contribution < 1.29 is 24.2 Å². The smallest absolute Gasteiger partial charge is 0.408 e. The van der Waals surface area contributed by atoms with E-state index in [1.165, 1.54) is 12.1 Å². The number of amides is 3. The largest absolute Gasteiger partial charge is 0.508 e. The van der Waals surface area contributed by atoms with Gasteiger partial charge in [-0.1, -0.05) is 31.9 Å². The first-order valence-electron chi connectivity index (χ1n) is 11.9. The number of carbonyl (C=O) groups excluding carboxylic acids is 3. The van der Waals surface area contributed by atoms with Gasteiger partial charge in [-0.2, -0.15) is 0 Å². The summed E-state index contributed by atoms with van der Waals surface area (Å²) >= 11 is 0. The molecule has 1 aromatic carbocycles. The Kier molecular flexibility index (Phi) is 9.56. The van der Waals surface area contributed by atoms with Crippen molar-refractivity contribution in [3.63, 3.8) is 0 Å². The number of rotatable bonds is 10. The number of carbonyl (C=O) groups is 3. The van der Waals surface area contributed by atoms with Crippen LogP contribution in [0.1, 0.15) is 84.7 Å². The van der Waals surface area contributed by atoms with E-state index in [2.05, 4.69) is 17.6 Å². The number of alkyl carbamates (subject to hydrolysis) is 1. The van der Waals surface area contributed by atoms with Crippen LogP contribution >= 0.6 is 0 Å². The molecule has 3 N–H and O–H groups in total. The predicted molar refractivity (Wildman–Crippen MR) is 127 cm³/mol. The van der Waals surface area contributed by atoms with Crippen LogP contribution in [0.4, 0.5) is 4.79 Å². The van der Waals surface area contributed by atoms with Crippen molar-refractivity contribution in [1.82, 2.24) is 15.5 Å². The highest BCUT2D eigenvalue weighted by Crippen LogP contribution is 2.34. The molecule has 1 aliphatic carbocycles. The number of nitrogens with zero attached hydrogens (tertiary/aromatic N) is 1. The molecule has 3 amide bonds. The Morgan fingerprint density at radius 2 is 1.91 bits per heavy atom. The number of ether oxygens (including phenoxy) is 1. The third-order valence-corrected chi connectivity index (χ3v) is 5.62. The SMILES string of the molecule is CCCCCNC(=O)C(c1cccc(O)c1)N(C(=O)C(C)NC(=O)OC(C)(C)C)C1CCC1. The van der Waals surface area contributed by atoms with Gasteiger partial charge in [0, 0.05) is 12.6 Å². The number of hydrogen-bond acceptors (Lipinski definition) is 5. The maximum absolute atomic E-state index is 13.6. The summed E-state index contributed by atoms with van der Waals surface area (Å²) in [6, 6.07) is 4.54. The third-order valence-electron chi connectivity index (χ3n) is 5.62. The maximum Gasteiger partial charge on any atom is 0.408 e. The second-order valence-corrected chi connectivity index (χ2v) is 9.69. The van der Waals surface area contributed by atoms with Crippen molar-refractivity contribution in [1.29, 1.82) is 0 Å². The minimum absolute atomic E-state index is 0.0252. The molecule has 1 fully saturated rings. The van der Waals surface area contributed by atoms with Crippen molar-refractivity contribution >= 4 is 17.9 Å². The molecule has 1 saturated carbocycles. The van der Waals surface area contributed by atoms with E-state index >= 15 is 0 Å². The van der Waals surface area contributed by atoms with Crippen LogP contribution in [0.15, 0.2) is 24.3 Å². The summed E-state index contributed by atoms with van der Waals surface area (Å²) in [5.74, 6) is -0.624. The van der Waals surface area contributed by atoms with Crippen LogP contribution in [0.2, 0.25) is 0 Å². The molecule has 0 aliphatic heterocycles. The molecule has 0 spiro atoms. The van der Waals surface area contributed by atoms with Crippen LogP contribution in [0, 0.1) is 0 Å². The van der Waals surface area contributed by atoms with Gasteiger partial charge in [0.1, 0.15) is 23.4 Å². The molecule has 1 aliphatic rings. The normalized spacial score (nSPS) is 15.7. The summed E-state index contributed by atoms with van der Waals surface area (Å²) < 4.78 is 5.29. The van der Waals surface area contributed by atoms with Crippen LogP contribution < -0.4 is 10.6 Å². The van der Waals surface area contributed by atoms with Crippen molar-refractivity contribution in [3.05, 3.63) is 29.8 Å². The zero-order valence-electron chi connectivity index (χ0n) is 20.5. The summed E-state index contributed by atoms with van der Waals surface area (Å²) in [7, 11) is 0. The highest BCUT2D eigenvalue weighted by Gasteiger charge is 2.40. The zero-order valence-corrected chi connectivity index (χ0v) is 20.5. The topological polar surface area (TPSA) is 108 Å². The van der Waals surface area contributed by atoms with E-state index in [9.17, 15) is 19.5 Å². The molecule has 8 heteroatoms. The van der Waals surface area contributed by atoms with E-state index in [0.29, 0.717) is 12.1 Å². The van der Waals surface area contributed by atoms with E-state index in [-0.39, 0.29) is 23.6 Å². The molecule has 0 aromatic heterocycles. The first-order valence-corrected chi connectivity index (χ1v) is 11.9. The summed E-state index contributed by atoms with van der Waals surface area (Å²) in [5.41, 5.74) is -0.157. The van der Waals surface area contributed by atoms with Crippen LogP contribution in [0.25, 0.3) is 0 Å². The van der Waals surface area contributed by atoms with Gasteiger partial charge in [0.05, 0.1) is 0 Å². The van der Waals surface area contributed by atoms with Gasteiger partial charge >= 0.3 is 6.09 Å². The summed E-state index contributed by atoms with van der Waals surface area (Å²) in [6.45, 7) is 9.45. The lowest BCUT2D eigenvalue weighted by Crippen LogP contribution is -2.56. The molecule has 1 aromatic rings. The van der Waals surface area contributed by atoms with Crippen LogP contribution in [0.5, 0.6) is 5.75 Å². The zero-order chi connectivity index (χ0) is 24.6. The predicted octanol–water partition coefficient (Wildman–Crippen LogP) is 4.03. The number of nitrogens with one attached hydrogen (secondary N) is 2. The molecule has 2 unspecified atom stereocenters. The minimum atomic E-state index is -0.903. The van der Waals surface area contributed by atoms with E-state index in [1.807, 2.05) is 0 Å². The van der Waals surface area contributed by atoms with Gasteiger partial charge in [0.25, 0.3) is 0 Å². The molecule has 0 saturated heterocycles. The molecule has 0 bridgehead atoms. The van der Waals surface area contributed by atoms with Gasteiger partial charge in [-0.3, -0.25) is 9.59 Å². The monoisotopic (exact) mass is 461 g/mol. The maximum atomic E-state index is 13.6. The van der Waals surface area contributed by atoms with Gasteiger partial charge in [0.15, 0.2) is 0 Å². The molecule has 2 atom stereocenters. The fraction of sp³-hybridized carbons (Fsp3) is 0.640. The summed E-state index contributed by atoms with van der Waals surface area (Å²) in [6.07, 6.45) is 4.73. The first kappa shape index (κ1) is 26.5. The first-order chi connectivity index (χ1) is 15.5. The number of aromatic hydroxyl groups is 1. The lowest BCUT2D eigenvalue weighted by Gasteiger charge is -2.43. The molecule has 0 radical (unpaired) electrons. The average molecular weight is 462 g/mol. The quantitative estimate of drug-likeness (QED) is 0.456. The number of hydrogen-bond donors (Lipinski definition) is 3. The number of benzene rings is 1. The van der Waals surface area contributed by atoms with Gasteiger partial charge in [-0.25, -0.2) is 4.79 Å².